The molecule has 1 saturated heterocycles. The van der Waals surface area contributed by atoms with Crippen LogP contribution < -0.4 is 11.1 Å². The summed E-state index contributed by atoms with van der Waals surface area (Å²) in [6.07, 6.45) is 1.21. The van der Waals surface area contributed by atoms with Crippen LogP contribution in [0.1, 0.15) is 12.8 Å². The molecule has 1 rings (SSSR count). The summed E-state index contributed by atoms with van der Waals surface area (Å²) in [7, 11) is 1.49. The molecular formula is C10H20N2O4. The van der Waals surface area contributed by atoms with E-state index in [2.05, 4.69) is 5.32 Å². The number of rotatable bonds is 5. The largest absolute Gasteiger partial charge is 0.394 e. The van der Waals surface area contributed by atoms with Gasteiger partial charge in [0.2, 0.25) is 5.91 Å². The van der Waals surface area contributed by atoms with Crippen molar-refractivity contribution in [2.24, 2.45) is 5.73 Å². The van der Waals surface area contributed by atoms with E-state index in [1.165, 1.54) is 7.11 Å². The molecule has 4 N–H and O–H groups in total. The second-order valence-corrected chi connectivity index (χ2v) is 4.10. The van der Waals surface area contributed by atoms with Crippen LogP contribution in [-0.2, 0) is 14.3 Å². The quantitative estimate of drug-likeness (QED) is 0.543. The molecule has 0 spiro atoms. The van der Waals surface area contributed by atoms with Gasteiger partial charge in [-0.2, -0.15) is 0 Å². The van der Waals surface area contributed by atoms with E-state index in [1.807, 2.05) is 0 Å². The van der Waals surface area contributed by atoms with Crippen molar-refractivity contribution in [3.8, 4) is 0 Å². The highest BCUT2D eigenvalue weighted by atomic mass is 16.5. The van der Waals surface area contributed by atoms with Gasteiger partial charge in [0.1, 0.15) is 6.04 Å². The van der Waals surface area contributed by atoms with E-state index < -0.39 is 11.6 Å². The minimum absolute atomic E-state index is 0.0954. The van der Waals surface area contributed by atoms with Crippen molar-refractivity contribution in [3.63, 3.8) is 0 Å². The number of methoxy groups -OCH3 is 1. The van der Waals surface area contributed by atoms with Crippen molar-refractivity contribution < 1.29 is 19.4 Å². The molecule has 0 aromatic heterocycles. The van der Waals surface area contributed by atoms with Gasteiger partial charge in [-0.3, -0.25) is 4.79 Å². The summed E-state index contributed by atoms with van der Waals surface area (Å²) < 4.78 is 10.0. The van der Waals surface area contributed by atoms with E-state index in [4.69, 9.17) is 15.2 Å². The normalized spacial score (nSPS) is 21.4. The van der Waals surface area contributed by atoms with Gasteiger partial charge in [-0.05, 0) is 12.8 Å². The van der Waals surface area contributed by atoms with Crippen molar-refractivity contribution in [1.29, 1.82) is 0 Å². The second-order valence-electron chi connectivity index (χ2n) is 4.10. The van der Waals surface area contributed by atoms with E-state index in [-0.39, 0.29) is 19.1 Å². The molecule has 16 heavy (non-hydrogen) atoms. The van der Waals surface area contributed by atoms with Gasteiger partial charge in [-0.15, -0.1) is 0 Å². The van der Waals surface area contributed by atoms with Crippen LogP contribution in [0.25, 0.3) is 0 Å². The van der Waals surface area contributed by atoms with Crippen LogP contribution in [0, 0.1) is 0 Å². The molecule has 1 fully saturated rings. The first kappa shape index (κ1) is 13.4. The lowest BCUT2D eigenvalue weighted by atomic mass is 9.90. The fourth-order valence-corrected chi connectivity index (χ4v) is 1.69. The molecule has 1 aliphatic heterocycles. The monoisotopic (exact) mass is 232 g/mol. The molecule has 6 heteroatoms. The van der Waals surface area contributed by atoms with Gasteiger partial charge in [0, 0.05) is 20.3 Å². The summed E-state index contributed by atoms with van der Waals surface area (Å²) in [5.74, 6) is -0.294. The SMILES string of the molecule is COCC(N)C(=O)NC1(CO)CCOCC1. The van der Waals surface area contributed by atoms with Gasteiger partial charge >= 0.3 is 0 Å². The number of carbonyl (C=O) groups is 1. The average Bonchev–Trinajstić information content (AvgIpc) is 2.30. The Morgan fingerprint density at radius 1 is 1.62 bits per heavy atom. The first-order valence-electron chi connectivity index (χ1n) is 5.39. The highest BCUT2D eigenvalue weighted by Crippen LogP contribution is 2.19. The van der Waals surface area contributed by atoms with Gasteiger partial charge in [0.25, 0.3) is 0 Å². The third-order valence-electron chi connectivity index (χ3n) is 2.82. The maximum absolute atomic E-state index is 11.7. The van der Waals surface area contributed by atoms with Crippen molar-refractivity contribution in [3.05, 3.63) is 0 Å². The standard InChI is InChI=1S/C10H20N2O4/c1-15-6-8(11)9(14)12-10(7-13)2-4-16-5-3-10/h8,13H,2-7,11H2,1H3,(H,12,14). The van der Waals surface area contributed by atoms with Crippen LogP contribution in [0.3, 0.4) is 0 Å². The molecule has 1 unspecified atom stereocenters. The van der Waals surface area contributed by atoms with Gasteiger partial charge in [-0.25, -0.2) is 0 Å². The third-order valence-corrected chi connectivity index (χ3v) is 2.82. The summed E-state index contributed by atoms with van der Waals surface area (Å²) in [4.78, 5) is 11.7. The van der Waals surface area contributed by atoms with Crippen molar-refractivity contribution in [2.45, 2.75) is 24.4 Å². The van der Waals surface area contributed by atoms with Crippen molar-refractivity contribution in [1.82, 2.24) is 5.32 Å². The van der Waals surface area contributed by atoms with E-state index in [9.17, 15) is 9.90 Å². The Hall–Kier alpha value is -0.690. The lowest BCUT2D eigenvalue weighted by Gasteiger charge is -2.37. The number of hydrogen-bond donors (Lipinski definition) is 3. The smallest absolute Gasteiger partial charge is 0.239 e. The highest BCUT2D eigenvalue weighted by molar-refractivity contribution is 5.82. The molecule has 94 valence electrons. The van der Waals surface area contributed by atoms with Crippen LogP contribution in [0.15, 0.2) is 0 Å². The molecule has 1 amide bonds. The summed E-state index contributed by atoms with van der Waals surface area (Å²) in [6.45, 7) is 1.16. The van der Waals surface area contributed by atoms with Crippen LogP contribution in [-0.4, -0.2) is 56.1 Å². The minimum Gasteiger partial charge on any atom is -0.394 e. The molecule has 1 aliphatic rings. The molecule has 0 aromatic carbocycles. The van der Waals surface area contributed by atoms with Crippen molar-refractivity contribution >= 4 is 5.91 Å². The highest BCUT2D eigenvalue weighted by Gasteiger charge is 2.34. The van der Waals surface area contributed by atoms with E-state index >= 15 is 0 Å². The minimum atomic E-state index is -0.698. The zero-order chi connectivity index (χ0) is 12.0. The number of ether oxygens (including phenoxy) is 2. The molecular weight excluding hydrogens is 212 g/mol. The third kappa shape index (κ3) is 3.41. The molecule has 0 bridgehead atoms. The van der Waals surface area contributed by atoms with Crippen LogP contribution in [0.2, 0.25) is 0 Å². The van der Waals surface area contributed by atoms with E-state index in [0.29, 0.717) is 26.1 Å². The Balaban J connectivity index is 2.51. The lowest BCUT2D eigenvalue weighted by molar-refractivity contribution is -0.127. The number of aliphatic hydroxyl groups excluding tert-OH is 1. The predicted molar refractivity (Wildman–Crippen MR) is 57.9 cm³/mol. The van der Waals surface area contributed by atoms with Crippen LogP contribution in [0.4, 0.5) is 0 Å². The predicted octanol–water partition coefficient (Wildman–Crippen LogP) is -1.38. The molecule has 0 aliphatic carbocycles. The summed E-state index contributed by atoms with van der Waals surface area (Å²) in [6, 6.07) is -0.698. The molecule has 0 aromatic rings. The number of amides is 1. The number of aliphatic hydroxyl groups is 1. The number of nitrogens with two attached hydrogens (primary N) is 1. The second kappa shape index (κ2) is 6.15. The number of carbonyl (C=O) groups excluding carboxylic acids is 1. The Labute approximate surface area is 95.1 Å². The van der Waals surface area contributed by atoms with Gasteiger partial charge in [0.05, 0.1) is 18.8 Å². The van der Waals surface area contributed by atoms with Crippen LogP contribution in [0.5, 0.6) is 0 Å². The summed E-state index contributed by atoms with van der Waals surface area (Å²) in [5, 5.41) is 12.2. The van der Waals surface area contributed by atoms with Crippen LogP contribution >= 0.6 is 0 Å². The number of nitrogens with one attached hydrogen (secondary N) is 1. The van der Waals surface area contributed by atoms with Gasteiger partial charge in [0.15, 0.2) is 0 Å². The Kier molecular flexibility index (Phi) is 5.14. The van der Waals surface area contributed by atoms with Crippen molar-refractivity contribution in [2.75, 3.05) is 33.5 Å². The molecule has 0 radical (unpaired) electrons. The maximum Gasteiger partial charge on any atom is 0.239 e. The maximum atomic E-state index is 11.7. The van der Waals surface area contributed by atoms with Gasteiger partial charge in [-0.1, -0.05) is 0 Å². The van der Waals surface area contributed by atoms with E-state index in [0.717, 1.165) is 0 Å². The molecule has 6 nitrogen and oxygen atoms in total. The first-order chi connectivity index (χ1) is 7.63. The molecule has 1 atom stereocenters. The molecule has 0 saturated carbocycles. The Bertz CT molecular complexity index is 229. The Morgan fingerprint density at radius 3 is 2.75 bits per heavy atom. The summed E-state index contributed by atoms with van der Waals surface area (Å²) >= 11 is 0. The van der Waals surface area contributed by atoms with E-state index in [1.54, 1.807) is 0 Å². The van der Waals surface area contributed by atoms with Gasteiger partial charge < -0.3 is 25.6 Å². The molecule has 1 heterocycles. The fourth-order valence-electron chi connectivity index (χ4n) is 1.69. The average molecular weight is 232 g/mol. The number of hydrogen-bond acceptors (Lipinski definition) is 5. The summed E-state index contributed by atoms with van der Waals surface area (Å²) in [5.41, 5.74) is 5.03. The topological polar surface area (TPSA) is 93.8 Å². The zero-order valence-corrected chi connectivity index (χ0v) is 9.57. The lowest BCUT2D eigenvalue weighted by Crippen LogP contribution is -2.58. The first-order valence-corrected chi connectivity index (χ1v) is 5.39. The Morgan fingerprint density at radius 2 is 2.25 bits per heavy atom. The zero-order valence-electron chi connectivity index (χ0n) is 9.57. The fraction of sp³-hybridized carbons (Fsp3) is 0.900.